The lowest BCUT2D eigenvalue weighted by molar-refractivity contribution is 0.0695. The SMILES string of the molecule is CCn1nc(C)c(Cl)c1COc1ccc(Br)c(C(=O)O)c1. The summed E-state index contributed by atoms with van der Waals surface area (Å²) >= 11 is 9.39. The van der Waals surface area contributed by atoms with E-state index in [4.69, 9.17) is 21.4 Å². The molecule has 2 rings (SSSR count). The van der Waals surface area contributed by atoms with E-state index in [2.05, 4.69) is 21.0 Å². The van der Waals surface area contributed by atoms with Gasteiger partial charge in [0, 0.05) is 11.0 Å². The fourth-order valence-electron chi connectivity index (χ4n) is 1.92. The van der Waals surface area contributed by atoms with E-state index in [0.717, 1.165) is 11.4 Å². The second kappa shape index (κ2) is 6.49. The van der Waals surface area contributed by atoms with Gasteiger partial charge >= 0.3 is 5.97 Å². The number of hydrogen-bond acceptors (Lipinski definition) is 3. The number of halogens is 2. The first-order valence-corrected chi connectivity index (χ1v) is 7.48. The minimum absolute atomic E-state index is 0.152. The number of benzene rings is 1. The Balaban J connectivity index is 2.21. The van der Waals surface area contributed by atoms with Crippen LogP contribution in [-0.4, -0.2) is 20.9 Å². The van der Waals surface area contributed by atoms with Gasteiger partial charge in [0.25, 0.3) is 0 Å². The van der Waals surface area contributed by atoms with Gasteiger partial charge in [-0.05, 0) is 48.0 Å². The first-order valence-electron chi connectivity index (χ1n) is 6.31. The normalized spacial score (nSPS) is 10.7. The van der Waals surface area contributed by atoms with Gasteiger partial charge in [0.15, 0.2) is 0 Å². The second-order valence-electron chi connectivity index (χ2n) is 4.40. The van der Waals surface area contributed by atoms with Crippen LogP contribution in [0.25, 0.3) is 0 Å². The van der Waals surface area contributed by atoms with Crippen molar-refractivity contribution in [1.82, 2.24) is 9.78 Å². The van der Waals surface area contributed by atoms with Gasteiger partial charge in [0.1, 0.15) is 12.4 Å². The summed E-state index contributed by atoms with van der Waals surface area (Å²) in [5.74, 6) is -0.548. The Bertz CT molecular complexity index is 685. The molecule has 0 fully saturated rings. The summed E-state index contributed by atoms with van der Waals surface area (Å²) in [5, 5.41) is 14.0. The topological polar surface area (TPSA) is 64.4 Å². The molecule has 7 heteroatoms. The molecule has 0 atom stereocenters. The number of aromatic carboxylic acids is 1. The van der Waals surface area contributed by atoms with Crippen molar-refractivity contribution in [2.45, 2.75) is 27.0 Å². The van der Waals surface area contributed by atoms with Crippen LogP contribution in [0.5, 0.6) is 5.75 Å². The van der Waals surface area contributed by atoms with Crippen molar-refractivity contribution < 1.29 is 14.6 Å². The van der Waals surface area contributed by atoms with Gasteiger partial charge in [0.2, 0.25) is 0 Å². The fourth-order valence-corrected chi connectivity index (χ4v) is 2.52. The van der Waals surface area contributed by atoms with Gasteiger partial charge < -0.3 is 9.84 Å². The molecule has 0 aliphatic rings. The fraction of sp³-hybridized carbons (Fsp3) is 0.286. The second-order valence-corrected chi connectivity index (χ2v) is 5.63. The Hall–Kier alpha value is -1.53. The maximum absolute atomic E-state index is 11.1. The van der Waals surface area contributed by atoms with Crippen molar-refractivity contribution in [3.8, 4) is 5.75 Å². The number of carbonyl (C=O) groups is 1. The minimum Gasteiger partial charge on any atom is -0.487 e. The summed E-state index contributed by atoms with van der Waals surface area (Å²) in [4.78, 5) is 11.1. The van der Waals surface area contributed by atoms with Crippen LogP contribution in [0, 0.1) is 6.92 Å². The van der Waals surface area contributed by atoms with Gasteiger partial charge in [-0.2, -0.15) is 5.10 Å². The molecule has 0 amide bonds. The van der Waals surface area contributed by atoms with Gasteiger partial charge in [-0.25, -0.2) is 4.79 Å². The molecule has 0 saturated carbocycles. The molecular formula is C14H14BrClN2O3. The zero-order valence-electron chi connectivity index (χ0n) is 11.6. The van der Waals surface area contributed by atoms with E-state index in [1.54, 1.807) is 16.8 Å². The summed E-state index contributed by atoms with van der Waals surface area (Å²) in [6, 6.07) is 4.81. The number of ether oxygens (including phenoxy) is 1. The van der Waals surface area contributed by atoms with Crippen LogP contribution in [0.2, 0.25) is 5.02 Å². The quantitative estimate of drug-likeness (QED) is 0.863. The number of rotatable bonds is 5. The number of carboxylic acid groups (broad SMARTS) is 1. The minimum atomic E-state index is -1.01. The molecule has 0 saturated heterocycles. The largest absolute Gasteiger partial charge is 0.487 e. The maximum atomic E-state index is 11.1. The van der Waals surface area contributed by atoms with Crippen LogP contribution in [0.4, 0.5) is 0 Å². The zero-order chi connectivity index (χ0) is 15.6. The summed E-state index contributed by atoms with van der Waals surface area (Å²) in [6.45, 7) is 4.72. The summed E-state index contributed by atoms with van der Waals surface area (Å²) < 4.78 is 7.93. The van der Waals surface area contributed by atoms with E-state index >= 15 is 0 Å². The van der Waals surface area contributed by atoms with Gasteiger partial charge in [0.05, 0.1) is 22.0 Å². The van der Waals surface area contributed by atoms with Crippen molar-refractivity contribution in [2.75, 3.05) is 0 Å². The Labute approximate surface area is 135 Å². The molecule has 1 aromatic carbocycles. The number of aromatic nitrogens is 2. The highest BCUT2D eigenvalue weighted by atomic mass is 79.9. The maximum Gasteiger partial charge on any atom is 0.336 e. The highest BCUT2D eigenvalue weighted by Crippen LogP contribution is 2.25. The van der Waals surface area contributed by atoms with Crippen LogP contribution in [0.3, 0.4) is 0 Å². The summed E-state index contributed by atoms with van der Waals surface area (Å²) in [6.07, 6.45) is 0. The van der Waals surface area contributed by atoms with Crippen LogP contribution in [0.1, 0.15) is 28.7 Å². The van der Waals surface area contributed by atoms with E-state index in [1.807, 2.05) is 13.8 Å². The number of nitrogens with zero attached hydrogens (tertiary/aromatic N) is 2. The molecule has 1 aromatic heterocycles. The molecule has 0 unspecified atom stereocenters. The Morgan fingerprint density at radius 3 is 2.86 bits per heavy atom. The van der Waals surface area contributed by atoms with Crippen LogP contribution in [0.15, 0.2) is 22.7 Å². The molecule has 0 bridgehead atoms. The number of carboxylic acids is 1. The lowest BCUT2D eigenvalue weighted by Crippen LogP contribution is -2.07. The molecule has 112 valence electrons. The summed E-state index contributed by atoms with van der Waals surface area (Å²) in [5.41, 5.74) is 1.68. The Morgan fingerprint density at radius 2 is 2.24 bits per heavy atom. The van der Waals surface area contributed by atoms with Crippen LogP contribution >= 0.6 is 27.5 Å². The molecule has 1 heterocycles. The smallest absolute Gasteiger partial charge is 0.336 e. The Kier molecular flexibility index (Phi) is 4.90. The Morgan fingerprint density at radius 1 is 1.52 bits per heavy atom. The molecular weight excluding hydrogens is 360 g/mol. The predicted octanol–water partition coefficient (Wildman–Crippen LogP) is 3.90. The predicted molar refractivity (Wildman–Crippen MR) is 83.1 cm³/mol. The van der Waals surface area contributed by atoms with Crippen molar-refractivity contribution in [3.05, 3.63) is 44.6 Å². The highest BCUT2D eigenvalue weighted by molar-refractivity contribution is 9.10. The summed E-state index contributed by atoms with van der Waals surface area (Å²) in [7, 11) is 0. The van der Waals surface area contributed by atoms with Gasteiger partial charge in [-0.15, -0.1) is 0 Å². The lowest BCUT2D eigenvalue weighted by Gasteiger charge is -2.09. The molecule has 0 spiro atoms. The molecule has 21 heavy (non-hydrogen) atoms. The molecule has 2 aromatic rings. The monoisotopic (exact) mass is 372 g/mol. The standard InChI is InChI=1S/C14H14BrClN2O3/c1-3-18-12(13(16)8(2)17-18)7-21-9-4-5-11(15)10(6-9)14(19)20/h4-6H,3,7H2,1-2H3,(H,19,20). The molecule has 0 aliphatic heterocycles. The molecule has 5 nitrogen and oxygen atoms in total. The lowest BCUT2D eigenvalue weighted by atomic mass is 10.2. The van der Waals surface area contributed by atoms with Crippen molar-refractivity contribution in [1.29, 1.82) is 0 Å². The van der Waals surface area contributed by atoms with Crippen LogP contribution < -0.4 is 4.74 Å². The third kappa shape index (κ3) is 3.39. The van der Waals surface area contributed by atoms with E-state index in [-0.39, 0.29) is 12.2 Å². The first kappa shape index (κ1) is 15.9. The van der Waals surface area contributed by atoms with Crippen molar-refractivity contribution in [3.63, 3.8) is 0 Å². The zero-order valence-corrected chi connectivity index (χ0v) is 13.9. The molecule has 0 radical (unpaired) electrons. The number of hydrogen-bond donors (Lipinski definition) is 1. The van der Waals surface area contributed by atoms with E-state index in [1.165, 1.54) is 6.07 Å². The average molecular weight is 374 g/mol. The third-order valence-corrected chi connectivity index (χ3v) is 4.18. The van der Waals surface area contributed by atoms with E-state index in [0.29, 0.717) is 21.8 Å². The van der Waals surface area contributed by atoms with E-state index in [9.17, 15) is 4.79 Å². The van der Waals surface area contributed by atoms with Crippen molar-refractivity contribution >= 4 is 33.5 Å². The highest BCUT2D eigenvalue weighted by Gasteiger charge is 2.14. The van der Waals surface area contributed by atoms with Gasteiger partial charge in [-0.3, -0.25) is 4.68 Å². The molecule has 1 N–H and O–H groups in total. The number of aryl methyl sites for hydroxylation is 2. The van der Waals surface area contributed by atoms with Gasteiger partial charge in [-0.1, -0.05) is 11.6 Å². The third-order valence-electron chi connectivity index (χ3n) is 3.00. The van der Waals surface area contributed by atoms with Crippen LogP contribution in [-0.2, 0) is 13.2 Å². The van der Waals surface area contributed by atoms with Crippen molar-refractivity contribution in [2.24, 2.45) is 0 Å². The molecule has 0 aliphatic carbocycles. The van der Waals surface area contributed by atoms with E-state index < -0.39 is 5.97 Å². The first-order chi connectivity index (χ1) is 9.93. The average Bonchev–Trinajstić information content (AvgIpc) is 2.73.